The molecule has 2 rings (SSSR count). The van der Waals surface area contributed by atoms with Gasteiger partial charge in [0, 0.05) is 23.5 Å². The molecule has 6 nitrogen and oxygen atoms in total. The molecule has 160 valence electrons. The number of hydrogen-bond acceptors (Lipinski definition) is 6. The molecular formula is C22H30LiO6P. The van der Waals surface area contributed by atoms with E-state index in [0.717, 1.165) is 5.30 Å². The average Bonchev–Trinajstić information content (AvgIpc) is 2.67. The van der Waals surface area contributed by atoms with Crippen molar-refractivity contribution in [3.05, 3.63) is 35.9 Å². The molecule has 0 fully saturated rings. The van der Waals surface area contributed by atoms with Gasteiger partial charge in [-0.1, -0.05) is 0 Å². The molecule has 0 saturated heterocycles. The Morgan fingerprint density at radius 3 is 1.77 bits per heavy atom. The summed E-state index contributed by atoms with van der Waals surface area (Å²) in [5.41, 5.74) is 0.264. The minimum atomic E-state index is -0.178. The van der Waals surface area contributed by atoms with Crippen molar-refractivity contribution < 1.29 is 28.5 Å². The zero-order valence-corrected chi connectivity index (χ0v) is 19.0. The van der Waals surface area contributed by atoms with Gasteiger partial charge < -0.3 is 23.7 Å². The van der Waals surface area contributed by atoms with E-state index in [2.05, 4.69) is 0 Å². The van der Waals surface area contributed by atoms with Gasteiger partial charge in [0.2, 0.25) is 0 Å². The molecule has 0 bridgehead atoms. The second-order valence-corrected chi connectivity index (χ2v) is 8.10. The van der Waals surface area contributed by atoms with Gasteiger partial charge in [0.15, 0.2) is 5.52 Å². The van der Waals surface area contributed by atoms with Gasteiger partial charge in [-0.25, -0.2) is 0 Å². The summed E-state index contributed by atoms with van der Waals surface area (Å²) in [7, 11) is 4.40. The first-order valence-electron chi connectivity index (χ1n) is 9.37. The topological polar surface area (TPSA) is 63.2 Å². The third-order valence-electron chi connectivity index (χ3n) is 3.88. The Labute approximate surface area is 192 Å². The molecule has 2 aromatic rings. The molecule has 30 heavy (non-hydrogen) atoms. The second-order valence-electron chi connectivity index (χ2n) is 6.85. The third kappa shape index (κ3) is 6.84. The standard InChI is InChI=1S/C22H29O6P.Li.H/c1-13(2)27-15-8-9-20(17(10-15)28-14(3)4)29-22(23)21-18(25-6)11-16(24-5)12-19(21)26-7;;/h8-14,29H,1-7H3;;. The molecule has 0 aliphatic heterocycles. The quantitative estimate of drug-likeness (QED) is 0.424. The number of benzene rings is 2. The Balaban J connectivity index is 0.00000450. The van der Waals surface area contributed by atoms with Gasteiger partial charge in [-0.05, 0) is 48.4 Å². The molecule has 1 unspecified atom stereocenters. The summed E-state index contributed by atoms with van der Waals surface area (Å²) in [5, 5.41) is 0.791. The fraction of sp³-hybridized carbons (Fsp3) is 0.409. The van der Waals surface area contributed by atoms with Crippen LogP contribution < -0.4 is 29.0 Å². The van der Waals surface area contributed by atoms with Crippen LogP contribution in [-0.4, -0.2) is 57.9 Å². The monoisotopic (exact) mass is 428 g/mol. The van der Waals surface area contributed by atoms with Crippen molar-refractivity contribution in [3.8, 4) is 28.7 Å². The Morgan fingerprint density at radius 2 is 1.30 bits per heavy atom. The summed E-state index contributed by atoms with van der Waals surface area (Å²) in [6.07, 6.45) is 0.0117. The van der Waals surface area contributed by atoms with Crippen LogP contribution in [0.3, 0.4) is 0 Å². The number of carbonyl (C=O) groups is 1. The fourth-order valence-corrected chi connectivity index (χ4v) is 3.75. The van der Waals surface area contributed by atoms with E-state index in [4.69, 9.17) is 23.7 Å². The number of ether oxygens (including phenoxy) is 5. The van der Waals surface area contributed by atoms with Crippen molar-refractivity contribution in [2.45, 2.75) is 39.9 Å². The summed E-state index contributed by atoms with van der Waals surface area (Å²) < 4.78 is 27.8. The Kier molecular flexibility index (Phi) is 10.6. The molecule has 0 spiro atoms. The molecule has 8 heteroatoms. The molecule has 0 heterocycles. The van der Waals surface area contributed by atoms with Crippen LogP contribution >= 0.6 is 8.58 Å². The predicted octanol–water partition coefficient (Wildman–Crippen LogP) is 3.78. The number of methoxy groups -OCH3 is 3. The van der Waals surface area contributed by atoms with Crippen LogP contribution in [-0.2, 0) is 0 Å². The van der Waals surface area contributed by atoms with E-state index in [-0.39, 0.29) is 45.2 Å². The summed E-state index contributed by atoms with van der Waals surface area (Å²) in [5.74, 6) is 2.71. The summed E-state index contributed by atoms with van der Waals surface area (Å²) in [6.45, 7) is 7.81. The summed E-state index contributed by atoms with van der Waals surface area (Å²) in [6, 6.07) is 8.90. The first kappa shape index (κ1) is 26.2. The first-order chi connectivity index (χ1) is 13.8. The zero-order chi connectivity index (χ0) is 21.6. The van der Waals surface area contributed by atoms with Crippen LogP contribution in [0, 0.1) is 0 Å². The van der Waals surface area contributed by atoms with Crippen molar-refractivity contribution in [2.75, 3.05) is 21.3 Å². The maximum atomic E-state index is 13.2. The molecule has 0 radical (unpaired) electrons. The van der Waals surface area contributed by atoms with E-state index in [1.165, 1.54) is 14.2 Å². The second kappa shape index (κ2) is 12.1. The predicted molar refractivity (Wildman–Crippen MR) is 123 cm³/mol. The van der Waals surface area contributed by atoms with E-state index in [0.29, 0.717) is 34.3 Å². The van der Waals surface area contributed by atoms with E-state index in [1.807, 2.05) is 45.9 Å². The molecule has 0 aliphatic rings. The average molecular weight is 428 g/mol. The van der Waals surface area contributed by atoms with Gasteiger partial charge in [-0.15, -0.1) is 0 Å². The van der Waals surface area contributed by atoms with Gasteiger partial charge in [0.05, 0.1) is 33.5 Å². The van der Waals surface area contributed by atoms with Crippen LogP contribution in [0.25, 0.3) is 0 Å². The Bertz CT molecular complexity index is 829. The van der Waals surface area contributed by atoms with E-state index in [9.17, 15) is 4.79 Å². The van der Waals surface area contributed by atoms with E-state index in [1.54, 1.807) is 19.2 Å². The molecule has 0 aromatic heterocycles. The molecule has 0 saturated carbocycles. The molecule has 0 amide bonds. The maximum absolute atomic E-state index is 13.2. The van der Waals surface area contributed by atoms with Crippen LogP contribution in [0.4, 0.5) is 0 Å². The van der Waals surface area contributed by atoms with Crippen LogP contribution in [0.1, 0.15) is 38.1 Å². The van der Waals surface area contributed by atoms with Crippen LogP contribution in [0.15, 0.2) is 30.3 Å². The summed E-state index contributed by atoms with van der Waals surface area (Å²) >= 11 is 0. The molecule has 0 aliphatic carbocycles. The minimum absolute atomic E-state index is 0. The number of carbonyl (C=O) groups excluding carboxylic acids is 1. The van der Waals surface area contributed by atoms with Gasteiger partial charge >= 0.3 is 18.9 Å². The van der Waals surface area contributed by atoms with Crippen molar-refractivity contribution in [2.24, 2.45) is 0 Å². The molecule has 2 aromatic carbocycles. The third-order valence-corrected chi connectivity index (χ3v) is 5.04. The molecule has 1 atom stereocenters. The van der Waals surface area contributed by atoms with Gasteiger partial charge in [-0.2, -0.15) is 0 Å². The van der Waals surface area contributed by atoms with Crippen molar-refractivity contribution in [1.29, 1.82) is 0 Å². The van der Waals surface area contributed by atoms with E-state index >= 15 is 0 Å². The zero-order valence-electron chi connectivity index (χ0n) is 18.0. The number of rotatable bonds is 10. The normalized spacial score (nSPS) is 10.8. The van der Waals surface area contributed by atoms with Crippen LogP contribution in [0.2, 0.25) is 0 Å². The van der Waals surface area contributed by atoms with Gasteiger partial charge in [-0.3, -0.25) is 4.79 Å². The van der Waals surface area contributed by atoms with Crippen molar-refractivity contribution in [3.63, 3.8) is 0 Å². The van der Waals surface area contributed by atoms with Crippen LogP contribution in [0.5, 0.6) is 28.7 Å². The summed E-state index contributed by atoms with van der Waals surface area (Å²) in [4.78, 5) is 13.2. The van der Waals surface area contributed by atoms with Gasteiger partial charge in [0.25, 0.3) is 0 Å². The van der Waals surface area contributed by atoms with Crippen molar-refractivity contribution in [1.82, 2.24) is 0 Å². The van der Waals surface area contributed by atoms with Crippen molar-refractivity contribution >= 4 is 38.3 Å². The molecule has 0 N–H and O–H groups in total. The molecular weight excluding hydrogens is 398 g/mol. The Morgan fingerprint density at radius 1 is 0.767 bits per heavy atom. The van der Waals surface area contributed by atoms with Gasteiger partial charge in [0.1, 0.15) is 34.3 Å². The van der Waals surface area contributed by atoms with E-state index < -0.39 is 0 Å². The Hall–Kier alpha value is -1.86. The first-order valence-corrected chi connectivity index (χ1v) is 10.4. The fourth-order valence-electron chi connectivity index (χ4n) is 2.72. The SMILES string of the molecule is COc1cc(OC)c(C(=O)Pc2ccc(OC(C)C)cc2OC(C)C)c(OC)c1.[LiH]. The number of hydrogen-bond donors (Lipinski definition) is 0.